The smallest absolute Gasteiger partial charge is 0.169 e. The summed E-state index contributed by atoms with van der Waals surface area (Å²) in [4.78, 5) is 24.5. The number of nitrogens with one attached hydrogen (secondary N) is 1. The molecule has 1 aliphatic heterocycles. The minimum atomic E-state index is -0.320. The Kier molecular flexibility index (Phi) is 9.14. The summed E-state index contributed by atoms with van der Waals surface area (Å²) >= 11 is 0. The molecule has 2 heterocycles. The van der Waals surface area contributed by atoms with Crippen molar-refractivity contribution in [2.75, 3.05) is 0 Å². The second kappa shape index (κ2) is 14.4. The SMILES string of the molecule is C/C=C(\C=C/Cc1ccc(C2=NC(c3ccccc3)N=C(c3ccccc3)N2)cc1)c1nc(-c2ccccc2)nc(-c2ccccc2)n1. The highest BCUT2D eigenvalue weighted by Gasteiger charge is 2.20. The van der Waals surface area contributed by atoms with Crippen LogP contribution in [0.5, 0.6) is 0 Å². The Morgan fingerprint density at radius 2 is 1.04 bits per heavy atom. The fourth-order valence-corrected chi connectivity index (χ4v) is 5.47. The van der Waals surface area contributed by atoms with Crippen molar-refractivity contribution in [2.45, 2.75) is 19.5 Å². The topological polar surface area (TPSA) is 75.4 Å². The molecule has 1 aliphatic rings. The van der Waals surface area contributed by atoms with Gasteiger partial charge in [0, 0.05) is 27.8 Å². The quantitative estimate of drug-likeness (QED) is 0.163. The number of benzene rings is 5. The number of rotatable bonds is 9. The fraction of sp³-hybridized carbons (Fsp3) is 0.0714. The molecule has 0 saturated heterocycles. The molecule has 6 heteroatoms. The number of allylic oxidation sites excluding steroid dienone is 4. The third-order valence-electron chi connectivity index (χ3n) is 8.03. The number of nitrogens with zero attached hydrogens (tertiary/aromatic N) is 5. The monoisotopic (exact) mass is 622 g/mol. The maximum absolute atomic E-state index is 4.99. The van der Waals surface area contributed by atoms with Crippen molar-refractivity contribution in [1.82, 2.24) is 20.3 Å². The number of aliphatic imine (C=N–C) groups is 2. The molecule has 0 aliphatic carbocycles. The summed E-state index contributed by atoms with van der Waals surface area (Å²) in [6, 6.07) is 49.0. The lowest BCUT2D eigenvalue weighted by atomic mass is 10.1. The van der Waals surface area contributed by atoms with Crippen molar-refractivity contribution in [1.29, 1.82) is 0 Å². The van der Waals surface area contributed by atoms with Crippen molar-refractivity contribution in [3.05, 3.63) is 192 Å². The molecular weight excluding hydrogens is 589 g/mol. The molecule has 0 spiro atoms. The average molecular weight is 623 g/mol. The van der Waals surface area contributed by atoms with Gasteiger partial charge in [-0.15, -0.1) is 0 Å². The van der Waals surface area contributed by atoms with E-state index < -0.39 is 0 Å². The van der Waals surface area contributed by atoms with Crippen molar-refractivity contribution in [3.8, 4) is 22.8 Å². The molecule has 1 aromatic heterocycles. The molecule has 0 bridgehead atoms. The van der Waals surface area contributed by atoms with E-state index in [4.69, 9.17) is 24.9 Å². The molecule has 6 nitrogen and oxygen atoms in total. The number of hydrogen-bond donors (Lipinski definition) is 1. The van der Waals surface area contributed by atoms with Gasteiger partial charge in [-0.25, -0.2) is 24.9 Å². The standard InChI is InChI=1S/C42H34N6/c1-2-31(37-43-38(32-17-7-3-8-18-32)45-39(44-37)33-19-9-4-10-20-33)25-15-16-30-26-28-36(29-27-30)42-47-40(34-21-11-5-12-22-34)46-41(48-42)35-23-13-6-14-24-35/h2-15,17-29,40H,16H2,1H3,(H,46,47,48)/b25-15-,31-2+. The van der Waals surface area contributed by atoms with Crippen LogP contribution in [0.4, 0.5) is 0 Å². The summed E-state index contributed by atoms with van der Waals surface area (Å²) in [7, 11) is 0. The largest absolute Gasteiger partial charge is 0.324 e. The van der Waals surface area contributed by atoms with Gasteiger partial charge in [0.15, 0.2) is 23.6 Å². The van der Waals surface area contributed by atoms with Gasteiger partial charge in [0.25, 0.3) is 0 Å². The second-order valence-electron chi connectivity index (χ2n) is 11.3. The van der Waals surface area contributed by atoms with Gasteiger partial charge in [-0.05, 0) is 24.5 Å². The van der Waals surface area contributed by atoms with Crippen molar-refractivity contribution < 1.29 is 0 Å². The highest BCUT2D eigenvalue weighted by atomic mass is 15.2. The Morgan fingerprint density at radius 1 is 0.562 bits per heavy atom. The van der Waals surface area contributed by atoms with Crippen LogP contribution in [0.3, 0.4) is 0 Å². The number of amidine groups is 2. The molecule has 7 rings (SSSR count). The molecule has 0 radical (unpaired) electrons. The zero-order valence-corrected chi connectivity index (χ0v) is 26.6. The molecule has 232 valence electrons. The summed E-state index contributed by atoms with van der Waals surface area (Å²) < 4.78 is 0. The lowest BCUT2D eigenvalue weighted by Crippen LogP contribution is -2.36. The predicted octanol–water partition coefficient (Wildman–Crippen LogP) is 8.90. The molecule has 5 aromatic carbocycles. The number of aromatic nitrogens is 3. The van der Waals surface area contributed by atoms with Crippen molar-refractivity contribution >= 4 is 17.2 Å². The van der Waals surface area contributed by atoms with E-state index in [-0.39, 0.29) is 6.17 Å². The van der Waals surface area contributed by atoms with E-state index in [1.54, 1.807) is 0 Å². The van der Waals surface area contributed by atoms with E-state index in [0.29, 0.717) is 17.5 Å². The van der Waals surface area contributed by atoms with Crippen LogP contribution in [-0.2, 0) is 6.42 Å². The second-order valence-corrected chi connectivity index (χ2v) is 11.3. The van der Waals surface area contributed by atoms with E-state index in [9.17, 15) is 0 Å². The fourth-order valence-electron chi connectivity index (χ4n) is 5.47. The summed E-state index contributed by atoms with van der Waals surface area (Å²) in [6.07, 6.45) is 6.72. The van der Waals surface area contributed by atoms with Crippen LogP contribution in [0.25, 0.3) is 28.3 Å². The van der Waals surface area contributed by atoms with Crippen LogP contribution >= 0.6 is 0 Å². The molecule has 0 fully saturated rings. The van der Waals surface area contributed by atoms with Gasteiger partial charge < -0.3 is 5.32 Å². The summed E-state index contributed by atoms with van der Waals surface area (Å²) in [5.41, 5.74) is 7.11. The van der Waals surface area contributed by atoms with Gasteiger partial charge in [0.05, 0.1) is 0 Å². The first kappa shape index (κ1) is 30.4. The average Bonchev–Trinajstić information content (AvgIpc) is 3.18. The third-order valence-corrected chi connectivity index (χ3v) is 8.03. The maximum Gasteiger partial charge on any atom is 0.169 e. The highest BCUT2D eigenvalue weighted by molar-refractivity contribution is 6.15. The van der Waals surface area contributed by atoms with E-state index in [2.05, 4.69) is 66.0 Å². The summed E-state index contributed by atoms with van der Waals surface area (Å²) in [5, 5.41) is 3.48. The molecule has 0 saturated carbocycles. The zero-order chi connectivity index (χ0) is 32.5. The maximum atomic E-state index is 4.99. The molecular formula is C42H34N6. The van der Waals surface area contributed by atoms with Gasteiger partial charge >= 0.3 is 0 Å². The number of hydrogen-bond acceptors (Lipinski definition) is 6. The molecule has 1 atom stereocenters. The Labute approximate surface area is 281 Å². The minimum Gasteiger partial charge on any atom is -0.324 e. The van der Waals surface area contributed by atoms with Gasteiger partial charge in [-0.1, -0.05) is 164 Å². The van der Waals surface area contributed by atoms with Crippen LogP contribution in [0, 0.1) is 0 Å². The summed E-state index contributed by atoms with van der Waals surface area (Å²) in [6.45, 7) is 2.01. The van der Waals surface area contributed by atoms with E-state index in [0.717, 1.165) is 51.5 Å². The van der Waals surface area contributed by atoms with Crippen LogP contribution in [-0.4, -0.2) is 26.6 Å². The first-order valence-corrected chi connectivity index (χ1v) is 16.1. The lowest BCUT2D eigenvalue weighted by molar-refractivity contribution is 0.756. The predicted molar refractivity (Wildman–Crippen MR) is 195 cm³/mol. The lowest BCUT2D eigenvalue weighted by Gasteiger charge is -2.22. The summed E-state index contributed by atoms with van der Waals surface area (Å²) in [5.74, 6) is 3.55. The Morgan fingerprint density at radius 3 is 1.56 bits per heavy atom. The van der Waals surface area contributed by atoms with Gasteiger partial charge in [-0.3, -0.25) is 0 Å². The molecule has 1 N–H and O–H groups in total. The van der Waals surface area contributed by atoms with Gasteiger partial charge in [0.1, 0.15) is 11.7 Å². The van der Waals surface area contributed by atoms with E-state index in [1.807, 2.05) is 110 Å². The highest BCUT2D eigenvalue weighted by Crippen LogP contribution is 2.25. The minimum absolute atomic E-state index is 0.320. The molecule has 0 amide bonds. The molecule has 1 unspecified atom stereocenters. The van der Waals surface area contributed by atoms with Crippen molar-refractivity contribution in [3.63, 3.8) is 0 Å². The van der Waals surface area contributed by atoms with Gasteiger partial charge in [-0.2, -0.15) is 0 Å². The Hall–Kier alpha value is -6.27. The van der Waals surface area contributed by atoms with Crippen LogP contribution in [0.2, 0.25) is 0 Å². The molecule has 48 heavy (non-hydrogen) atoms. The molecule has 6 aromatic rings. The van der Waals surface area contributed by atoms with E-state index >= 15 is 0 Å². The van der Waals surface area contributed by atoms with Crippen LogP contribution < -0.4 is 5.32 Å². The normalized spacial score (nSPS) is 14.7. The Bertz CT molecular complexity index is 2040. The van der Waals surface area contributed by atoms with E-state index in [1.165, 1.54) is 5.56 Å². The van der Waals surface area contributed by atoms with Gasteiger partial charge in [0.2, 0.25) is 0 Å². The van der Waals surface area contributed by atoms with Crippen LogP contribution in [0.15, 0.2) is 174 Å². The van der Waals surface area contributed by atoms with Crippen LogP contribution in [0.1, 0.15) is 41.2 Å². The first-order chi connectivity index (χ1) is 23.7. The third kappa shape index (κ3) is 7.08. The van der Waals surface area contributed by atoms with Crippen molar-refractivity contribution in [2.24, 2.45) is 9.98 Å². The first-order valence-electron chi connectivity index (χ1n) is 16.1. The Balaban J connectivity index is 1.11. The zero-order valence-electron chi connectivity index (χ0n) is 26.6.